The third-order valence-corrected chi connectivity index (χ3v) is 3.65. The summed E-state index contributed by atoms with van der Waals surface area (Å²) in [7, 11) is 1.90. The van der Waals surface area contributed by atoms with Crippen LogP contribution in [0.4, 0.5) is 0 Å². The van der Waals surface area contributed by atoms with Crippen LogP contribution < -0.4 is 10.1 Å². The number of hydrogen-bond donors (Lipinski definition) is 1. The molecule has 118 valence electrons. The zero-order chi connectivity index (χ0) is 14.5. The topological polar surface area (TPSA) is 41.6 Å². The fourth-order valence-electron chi connectivity index (χ4n) is 2.51. The van der Waals surface area contributed by atoms with E-state index in [9.17, 15) is 4.79 Å². The van der Waals surface area contributed by atoms with Crippen molar-refractivity contribution in [3.05, 3.63) is 29.8 Å². The highest BCUT2D eigenvalue weighted by atomic mass is 35.5. The van der Waals surface area contributed by atoms with Gasteiger partial charge in [-0.1, -0.05) is 0 Å². The van der Waals surface area contributed by atoms with Crippen LogP contribution in [0.2, 0.25) is 0 Å². The van der Waals surface area contributed by atoms with Gasteiger partial charge in [-0.2, -0.15) is 0 Å². The number of rotatable bonds is 4. The minimum Gasteiger partial charge on any atom is -0.491 e. The molecular weight excluding hydrogens is 288 g/mol. The first-order valence-electron chi connectivity index (χ1n) is 7.32. The molecule has 0 aliphatic carbocycles. The fourth-order valence-corrected chi connectivity index (χ4v) is 2.51. The molecule has 0 bridgehead atoms. The van der Waals surface area contributed by atoms with Crippen LogP contribution in [0.3, 0.4) is 0 Å². The summed E-state index contributed by atoms with van der Waals surface area (Å²) >= 11 is 0. The summed E-state index contributed by atoms with van der Waals surface area (Å²) in [6, 6.07) is 7.76. The molecule has 0 unspecified atom stereocenters. The van der Waals surface area contributed by atoms with Crippen LogP contribution in [-0.4, -0.2) is 43.1 Å². The number of amides is 1. The molecule has 0 saturated carbocycles. The summed E-state index contributed by atoms with van der Waals surface area (Å²) < 4.78 is 5.59. The van der Waals surface area contributed by atoms with Gasteiger partial charge in [-0.25, -0.2) is 0 Å². The molecule has 5 heteroatoms. The van der Waals surface area contributed by atoms with Gasteiger partial charge in [0, 0.05) is 18.7 Å². The van der Waals surface area contributed by atoms with Gasteiger partial charge < -0.3 is 15.0 Å². The number of carbonyl (C=O) groups is 1. The van der Waals surface area contributed by atoms with Crippen molar-refractivity contribution in [3.8, 4) is 5.75 Å². The quantitative estimate of drug-likeness (QED) is 0.929. The molecule has 1 fully saturated rings. The Morgan fingerprint density at radius 2 is 1.81 bits per heavy atom. The standard InChI is InChI=1S/C16H24N2O2.ClH/c1-12(2)20-15-6-4-13(5-7-15)16(19)18(3)14-8-10-17-11-9-14;/h4-7,12,14,17H,8-11H2,1-3H3;1H. The Bertz CT molecular complexity index is 442. The van der Waals surface area contributed by atoms with E-state index >= 15 is 0 Å². The van der Waals surface area contributed by atoms with E-state index in [1.54, 1.807) is 0 Å². The second-order valence-electron chi connectivity index (χ2n) is 5.59. The lowest BCUT2D eigenvalue weighted by molar-refractivity contribution is 0.0703. The molecule has 1 aliphatic heterocycles. The number of hydrogen-bond acceptors (Lipinski definition) is 3. The van der Waals surface area contributed by atoms with Crippen molar-refractivity contribution in [2.45, 2.75) is 38.8 Å². The maximum absolute atomic E-state index is 12.4. The number of nitrogens with zero attached hydrogens (tertiary/aromatic N) is 1. The van der Waals surface area contributed by atoms with Crippen LogP contribution in [0, 0.1) is 0 Å². The number of nitrogens with one attached hydrogen (secondary N) is 1. The number of benzene rings is 1. The fraction of sp³-hybridized carbons (Fsp3) is 0.562. The lowest BCUT2D eigenvalue weighted by Gasteiger charge is -2.31. The van der Waals surface area contributed by atoms with Crippen molar-refractivity contribution in [3.63, 3.8) is 0 Å². The smallest absolute Gasteiger partial charge is 0.253 e. The maximum atomic E-state index is 12.4. The van der Waals surface area contributed by atoms with E-state index in [1.807, 2.05) is 50.1 Å². The Labute approximate surface area is 133 Å². The van der Waals surface area contributed by atoms with E-state index in [2.05, 4.69) is 5.32 Å². The summed E-state index contributed by atoms with van der Waals surface area (Å²) in [5.74, 6) is 0.897. The van der Waals surface area contributed by atoms with Crippen LogP contribution in [0.25, 0.3) is 0 Å². The molecule has 21 heavy (non-hydrogen) atoms. The SMILES string of the molecule is CC(C)Oc1ccc(C(=O)N(C)C2CCNCC2)cc1.Cl. The minimum atomic E-state index is 0. The van der Waals surface area contributed by atoms with E-state index in [1.165, 1.54) is 0 Å². The van der Waals surface area contributed by atoms with Gasteiger partial charge in [0.2, 0.25) is 0 Å². The van der Waals surface area contributed by atoms with Gasteiger partial charge >= 0.3 is 0 Å². The van der Waals surface area contributed by atoms with Gasteiger partial charge in [-0.3, -0.25) is 4.79 Å². The summed E-state index contributed by atoms with van der Waals surface area (Å²) in [6.45, 7) is 5.96. The van der Waals surface area contributed by atoms with Crippen LogP contribution in [0.5, 0.6) is 5.75 Å². The number of piperidine rings is 1. The summed E-state index contributed by atoms with van der Waals surface area (Å²) in [5, 5.41) is 3.32. The second kappa shape index (κ2) is 8.25. The first-order chi connectivity index (χ1) is 9.58. The van der Waals surface area contributed by atoms with Crippen molar-refractivity contribution in [1.29, 1.82) is 0 Å². The molecule has 2 rings (SSSR count). The number of ether oxygens (including phenoxy) is 1. The summed E-state index contributed by atoms with van der Waals surface area (Å²) in [4.78, 5) is 14.3. The third-order valence-electron chi connectivity index (χ3n) is 3.65. The molecular formula is C16H25ClN2O2. The monoisotopic (exact) mass is 312 g/mol. The first-order valence-corrected chi connectivity index (χ1v) is 7.32. The molecule has 1 saturated heterocycles. The van der Waals surface area contributed by atoms with Gasteiger partial charge in [0.25, 0.3) is 5.91 Å². The predicted octanol–water partition coefficient (Wildman–Crippen LogP) is 2.72. The molecule has 1 aliphatic rings. The van der Waals surface area contributed by atoms with Gasteiger partial charge in [0.15, 0.2) is 0 Å². The zero-order valence-corrected chi connectivity index (χ0v) is 13.8. The molecule has 1 amide bonds. The molecule has 0 spiro atoms. The van der Waals surface area contributed by atoms with Gasteiger partial charge in [0.05, 0.1) is 6.10 Å². The van der Waals surface area contributed by atoms with E-state index in [4.69, 9.17) is 4.74 Å². The molecule has 1 aromatic rings. The molecule has 0 atom stereocenters. The molecule has 4 nitrogen and oxygen atoms in total. The van der Waals surface area contributed by atoms with Crippen LogP contribution in [0.15, 0.2) is 24.3 Å². The lowest BCUT2D eigenvalue weighted by Crippen LogP contribution is -2.43. The largest absolute Gasteiger partial charge is 0.491 e. The average molecular weight is 313 g/mol. The highest BCUT2D eigenvalue weighted by Crippen LogP contribution is 2.17. The Morgan fingerprint density at radius 1 is 1.24 bits per heavy atom. The molecule has 1 heterocycles. The highest BCUT2D eigenvalue weighted by Gasteiger charge is 2.22. The van der Waals surface area contributed by atoms with Crippen LogP contribution in [0.1, 0.15) is 37.0 Å². The Hall–Kier alpha value is -1.26. The van der Waals surface area contributed by atoms with Crippen LogP contribution in [-0.2, 0) is 0 Å². The van der Waals surface area contributed by atoms with Crippen molar-refractivity contribution in [2.24, 2.45) is 0 Å². The normalized spacial score (nSPS) is 15.4. The first kappa shape index (κ1) is 17.8. The molecule has 1 aromatic carbocycles. The lowest BCUT2D eigenvalue weighted by atomic mass is 10.0. The Kier molecular flexibility index (Phi) is 6.99. The van der Waals surface area contributed by atoms with Crippen molar-refractivity contribution in [1.82, 2.24) is 10.2 Å². The number of carbonyl (C=O) groups excluding carboxylic acids is 1. The van der Waals surface area contributed by atoms with Crippen molar-refractivity contribution >= 4 is 18.3 Å². The van der Waals surface area contributed by atoms with E-state index in [0.29, 0.717) is 6.04 Å². The highest BCUT2D eigenvalue weighted by molar-refractivity contribution is 5.94. The summed E-state index contributed by atoms with van der Waals surface area (Å²) in [5.41, 5.74) is 0.724. The van der Waals surface area contributed by atoms with Crippen molar-refractivity contribution in [2.75, 3.05) is 20.1 Å². The predicted molar refractivity (Wildman–Crippen MR) is 87.4 cm³/mol. The van der Waals surface area contributed by atoms with E-state index in [-0.39, 0.29) is 24.4 Å². The molecule has 0 aromatic heterocycles. The van der Waals surface area contributed by atoms with Gasteiger partial charge in [0.1, 0.15) is 5.75 Å². The third kappa shape index (κ3) is 4.90. The van der Waals surface area contributed by atoms with E-state index < -0.39 is 0 Å². The molecule has 0 radical (unpaired) electrons. The van der Waals surface area contributed by atoms with Gasteiger partial charge in [-0.05, 0) is 64.0 Å². The maximum Gasteiger partial charge on any atom is 0.253 e. The number of halogens is 1. The Morgan fingerprint density at radius 3 is 2.33 bits per heavy atom. The zero-order valence-electron chi connectivity index (χ0n) is 13.0. The molecule has 1 N–H and O–H groups in total. The summed E-state index contributed by atoms with van der Waals surface area (Å²) in [6.07, 6.45) is 2.20. The van der Waals surface area contributed by atoms with Crippen molar-refractivity contribution < 1.29 is 9.53 Å². The van der Waals surface area contributed by atoms with Gasteiger partial charge in [-0.15, -0.1) is 12.4 Å². The average Bonchev–Trinajstić information content (AvgIpc) is 2.47. The van der Waals surface area contributed by atoms with Crippen LogP contribution >= 0.6 is 12.4 Å². The minimum absolute atomic E-state index is 0. The van der Waals surface area contributed by atoms with E-state index in [0.717, 1.165) is 37.2 Å². The Balaban J connectivity index is 0.00000220. The second-order valence-corrected chi connectivity index (χ2v) is 5.59.